The van der Waals surface area contributed by atoms with Crippen molar-refractivity contribution in [1.82, 2.24) is 0 Å². The Hall–Kier alpha value is -1.98. The highest BCUT2D eigenvalue weighted by Crippen LogP contribution is 2.42. The second-order valence-electron chi connectivity index (χ2n) is 4.00. The lowest BCUT2D eigenvalue weighted by Gasteiger charge is -2.36. The highest BCUT2D eigenvalue weighted by molar-refractivity contribution is 6.12. The summed E-state index contributed by atoms with van der Waals surface area (Å²) in [7, 11) is 0. The number of hydrogen-bond acceptors (Lipinski definition) is 6. The zero-order valence-electron chi connectivity index (χ0n) is 8.02. The molecule has 2 heterocycles. The summed E-state index contributed by atoms with van der Waals surface area (Å²) >= 11 is 0. The fourth-order valence-electron chi connectivity index (χ4n) is 2.34. The van der Waals surface area contributed by atoms with Crippen LogP contribution in [0, 0.1) is 11.8 Å². The molecule has 3 aliphatic rings. The van der Waals surface area contributed by atoms with Crippen LogP contribution in [0.15, 0.2) is 11.1 Å². The van der Waals surface area contributed by atoms with E-state index < -0.39 is 35.7 Å². The van der Waals surface area contributed by atoms with Crippen molar-refractivity contribution in [3.63, 3.8) is 0 Å². The van der Waals surface area contributed by atoms with Gasteiger partial charge in [-0.3, -0.25) is 9.59 Å². The first-order chi connectivity index (χ1) is 7.58. The SMILES string of the molecule is O=C1OC(=O)C2CC1=C1CC2C(=O)OC1=O. The van der Waals surface area contributed by atoms with Gasteiger partial charge in [0.2, 0.25) is 0 Å². The van der Waals surface area contributed by atoms with Crippen LogP contribution in [0.1, 0.15) is 12.8 Å². The molecule has 0 amide bonds. The lowest BCUT2D eigenvalue weighted by atomic mass is 9.73. The molecule has 1 aliphatic carbocycles. The van der Waals surface area contributed by atoms with Gasteiger partial charge in [0, 0.05) is 11.1 Å². The van der Waals surface area contributed by atoms with E-state index in [9.17, 15) is 19.2 Å². The summed E-state index contributed by atoms with van der Waals surface area (Å²) in [6.07, 6.45) is 0.219. The highest BCUT2D eigenvalue weighted by Gasteiger charge is 2.51. The highest BCUT2D eigenvalue weighted by atomic mass is 16.6. The Bertz CT molecular complexity index is 442. The Morgan fingerprint density at radius 2 is 1.12 bits per heavy atom. The van der Waals surface area contributed by atoms with Crippen LogP contribution in [0.25, 0.3) is 0 Å². The van der Waals surface area contributed by atoms with Crippen molar-refractivity contribution in [2.75, 3.05) is 0 Å². The molecule has 3 rings (SSSR count). The van der Waals surface area contributed by atoms with Crippen molar-refractivity contribution in [3.05, 3.63) is 11.1 Å². The van der Waals surface area contributed by atoms with Crippen LogP contribution >= 0.6 is 0 Å². The molecule has 0 N–H and O–H groups in total. The largest absolute Gasteiger partial charge is 0.389 e. The summed E-state index contributed by atoms with van der Waals surface area (Å²) in [5, 5.41) is 0. The smallest absolute Gasteiger partial charge is 0.342 e. The third-order valence-electron chi connectivity index (χ3n) is 3.18. The predicted molar refractivity (Wildman–Crippen MR) is 45.4 cm³/mol. The van der Waals surface area contributed by atoms with E-state index in [1.54, 1.807) is 0 Å². The number of carbonyl (C=O) groups is 4. The van der Waals surface area contributed by atoms with E-state index in [0.717, 1.165) is 0 Å². The number of cyclic esters (lactones) is 4. The molecule has 0 saturated carbocycles. The number of hydrogen-bond donors (Lipinski definition) is 0. The van der Waals surface area contributed by atoms with E-state index in [2.05, 4.69) is 9.47 Å². The molecule has 2 unspecified atom stereocenters. The van der Waals surface area contributed by atoms with E-state index in [0.29, 0.717) is 0 Å². The maximum atomic E-state index is 11.4. The molecule has 0 aromatic carbocycles. The van der Waals surface area contributed by atoms with Gasteiger partial charge < -0.3 is 9.47 Å². The fourth-order valence-corrected chi connectivity index (χ4v) is 2.34. The summed E-state index contributed by atoms with van der Waals surface area (Å²) < 4.78 is 8.98. The Balaban J connectivity index is 2.16. The first-order valence-electron chi connectivity index (χ1n) is 4.82. The monoisotopic (exact) mass is 222 g/mol. The summed E-state index contributed by atoms with van der Waals surface area (Å²) in [5.74, 6) is -4.36. The van der Waals surface area contributed by atoms with Gasteiger partial charge in [0.05, 0.1) is 11.8 Å². The number of esters is 4. The lowest BCUT2D eigenvalue weighted by Crippen LogP contribution is -2.46. The molecule has 2 fully saturated rings. The Morgan fingerprint density at radius 1 is 0.750 bits per heavy atom. The summed E-state index contributed by atoms with van der Waals surface area (Å²) in [6, 6.07) is 0. The van der Waals surface area contributed by atoms with Crippen LogP contribution < -0.4 is 0 Å². The molecule has 0 spiro atoms. The molecule has 2 saturated heterocycles. The van der Waals surface area contributed by atoms with Crippen molar-refractivity contribution < 1.29 is 28.7 Å². The number of carbonyl (C=O) groups excluding carboxylic acids is 4. The molecule has 0 radical (unpaired) electrons. The van der Waals surface area contributed by atoms with Crippen molar-refractivity contribution in [3.8, 4) is 0 Å². The molecule has 2 aliphatic heterocycles. The van der Waals surface area contributed by atoms with Crippen molar-refractivity contribution in [1.29, 1.82) is 0 Å². The van der Waals surface area contributed by atoms with Gasteiger partial charge in [-0.1, -0.05) is 0 Å². The van der Waals surface area contributed by atoms with Crippen LogP contribution in [0.5, 0.6) is 0 Å². The zero-order valence-corrected chi connectivity index (χ0v) is 8.02. The average molecular weight is 222 g/mol. The summed E-state index contributed by atoms with van der Waals surface area (Å²) in [5.41, 5.74) is 0.358. The second kappa shape index (κ2) is 2.78. The molecule has 2 atom stereocenters. The van der Waals surface area contributed by atoms with Gasteiger partial charge in [0.15, 0.2) is 0 Å². The Labute approximate surface area is 89.2 Å². The van der Waals surface area contributed by atoms with E-state index in [-0.39, 0.29) is 24.0 Å². The standard InChI is InChI=1S/C10H6O6/c11-7-3-1-4(8(12)15-7)6-2-5(3)9(13)16-10(6)14/h3,5H,1-2H2. The Kier molecular flexibility index (Phi) is 1.61. The summed E-state index contributed by atoms with van der Waals surface area (Å²) in [6.45, 7) is 0. The first-order valence-corrected chi connectivity index (χ1v) is 4.82. The van der Waals surface area contributed by atoms with Gasteiger partial charge >= 0.3 is 23.9 Å². The number of rotatable bonds is 0. The quantitative estimate of drug-likeness (QED) is 0.404. The zero-order chi connectivity index (χ0) is 11.4. The molecule has 0 aromatic heterocycles. The van der Waals surface area contributed by atoms with E-state index >= 15 is 0 Å². The normalized spacial score (nSPS) is 32.5. The molecule has 16 heavy (non-hydrogen) atoms. The number of ether oxygens (including phenoxy) is 2. The van der Waals surface area contributed by atoms with Crippen molar-refractivity contribution in [2.45, 2.75) is 12.8 Å². The molecular formula is C10H6O6. The van der Waals surface area contributed by atoms with E-state index in [4.69, 9.17) is 0 Å². The molecule has 6 nitrogen and oxygen atoms in total. The van der Waals surface area contributed by atoms with Gasteiger partial charge in [-0.15, -0.1) is 0 Å². The van der Waals surface area contributed by atoms with Crippen LogP contribution in [-0.4, -0.2) is 23.9 Å². The minimum atomic E-state index is -0.791. The fraction of sp³-hybridized carbons (Fsp3) is 0.400. The molecule has 0 aromatic rings. The van der Waals surface area contributed by atoms with Crippen LogP contribution in [0.3, 0.4) is 0 Å². The number of fused-ring (bicyclic) bond motifs is 5. The van der Waals surface area contributed by atoms with Crippen LogP contribution in [0.2, 0.25) is 0 Å². The molecular weight excluding hydrogens is 216 g/mol. The molecule has 82 valence electrons. The van der Waals surface area contributed by atoms with Gasteiger partial charge in [-0.05, 0) is 12.8 Å². The topological polar surface area (TPSA) is 86.7 Å². The van der Waals surface area contributed by atoms with Crippen LogP contribution in [-0.2, 0) is 28.7 Å². The van der Waals surface area contributed by atoms with Gasteiger partial charge in [0.25, 0.3) is 0 Å². The van der Waals surface area contributed by atoms with E-state index in [1.807, 2.05) is 0 Å². The maximum absolute atomic E-state index is 11.4. The molecule has 4 bridgehead atoms. The first kappa shape index (κ1) is 9.26. The lowest BCUT2D eigenvalue weighted by molar-refractivity contribution is -0.177. The minimum Gasteiger partial charge on any atom is -0.389 e. The third-order valence-corrected chi connectivity index (χ3v) is 3.18. The van der Waals surface area contributed by atoms with Crippen LogP contribution in [0.4, 0.5) is 0 Å². The van der Waals surface area contributed by atoms with Crippen molar-refractivity contribution in [2.24, 2.45) is 11.8 Å². The molecule has 6 heteroatoms. The maximum Gasteiger partial charge on any atom is 0.342 e. The Morgan fingerprint density at radius 3 is 1.50 bits per heavy atom. The van der Waals surface area contributed by atoms with Crippen molar-refractivity contribution >= 4 is 23.9 Å². The van der Waals surface area contributed by atoms with Gasteiger partial charge in [0.1, 0.15) is 0 Å². The van der Waals surface area contributed by atoms with Gasteiger partial charge in [-0.25, -0.2) is 9.59 Å². The summed E-state index contributed by atoms with van der Waals surface area (Å²) in [4.78, 5) is 45.5. The second-order valence-corrected chi connectivity index (χ2v) is 4.00. The third kappa shape index (κ3) is 1.01. The van der Waals surface area contributed by atoms with Gasteiger partial charge in [-0.2, -0.15) is 0 Å². The van der Waals surface area contributed by atoms with E-state index in [1.165, 1.54) is 0 Å². The minimum absolute atomic E-state index is 0.110. The average Bonchev–Trinajstić information content (AvgIpc) is 2.23. The predicted octanol–water partition coefficient (Wildman–Crippen LogP) is -0.524.